The van der Waals surface area contributed by atoms with Crippen LogP contribution in [-0.4, -0.2) is 32.1 Å². The number of rotatable bonds is 4. The van der Waals surface area contributed by atoms with Crippen molar-refractivity contribution in [3.8, 4) is 6.07 Å². The van der Waals surface area contributed by atoms with Gasteiger partial charge in [0.25, 0.3) is 0 Å². The van der Waals surface area contributed by atoms with Gasteiger partial charge in [0.15, 0.2) is 0 Å². The summed E-state index contributed by atoms with van der Waals surface area (Å²) in [5, 5.41) is 12.6. The summed E-state index contributed by atoms with van der Waals surface area (Å²) in [7, 11) is 4.01. The number of likely N-dealkylation sites (N-methyl/N-ethyl adjacent to an activating group) is 1. The van der Waals surface area contributed by atoms with Gasteiger partial charge in [-0.2, -0.15) is 5.26 Å². The van der Waals surface area contributed by atoms with E-state index in [4.69, 9.17) is 16.9 Å². The van der Waals surface area contributed by atoms with Gasteiger partial charge in [0.1, 0.15) is 6.07 Å². The van der Waals surface area contributed by atoms with Gasteiger partial charge in [-0.15, -0.1) is 0 Å². The van der Waals surface area contributed by atoms with Crippen molar-refractivity contribution >= 4 is 17.3 Å². The van der Waals surface area contributed by atoms with E-state index < -0.39 is 0 Å². The van der Waals surface area contributed by atoms with Gasteiger partial charge in [-0.1, -0.05) is 17.7 Å². The molecule has 4 heteroatoms. The Balaban J connectivity index is 2.69. The summed E-state index contributed by atoms with van der Waals surface area (Å²) in [4.78, 5) is 2.07. The molecule has 0 spiro atoms. The fourth-order valence-corrected chi connectivity index (χ4v) is 1.42. The van der Waals surface area contributed by atoms with Crippen molar-refractivity contribution in [1.82, 2.24) is 4.90 Å². The summed E-state index contributed by atoms with van der Waals surface area (Å²) in [5.41, 5.74) is 1.31. The third-order valence-electron chi connectivity index (χ3n) is 2.00. The van der Waals surface area contributed by atoms with Crippen molar-refractivity contribution in [2.24, 2.45) is 0 Å². The molecule has 0 aliphatic heterocycles. The first-order valence-corrected chi connectivity index (χ1v) is 5.10. The first kappa shape index (κ1) is 11.8. The van der Waals surface area contributed by atoms with Crippen molar-refractivity contribution in [3.05, 3.63) is 28.8 Å². The number of nitriles is 1. The summed E-state index contributed by atoms with van der Waals surface area (Å²) in [6.45, 7) is 1.71. The van der Waals surface area contributed by atoms with Crippen molar-refractivity contribution in [1.29, 1.82) is 5.26 Å². The predicted octanol–water partition coefficient (Wildman–Crippen LogP) is 2.19. The van der Waals surface area contributed by atoms with E-state index in [1.54, 1.807) is 6.07 Å². The third-order valence-corrected chi connectivity index (χ3v) is 2.31. The highest BCUT2D eigenvalue weighted by Gasteiger charge is 2.04. The van der Waals surface area contributed by atoms with E-state index in [0.29, 0.717) is 10.6 Å². The van der Waals surface area contributed by atoms with Crippen LogP contribution in [0.25, 0.3) is 0 Å². The van der Waals surface area contributed by atoms with Crippen molar-refractivity contribution in [2.45, 2.75) is 0 Å². The Bertz CT molecular complexity index is 369. The molecule has 0 aromatic heterocycles. The summed E-state index contributed by atoms with van der Waals surface area (Å²) < 4.78 is 0. The first-order chi connectivity index (χ1) is 7.15. The average molecular weight is 224 g/mol. The van der Waals surface area contributed by atoms with Gasteiger partial charge in [0, 0.05) is 13.1 Å². The number of nitrogens with zero attached hydrogens (tertiary/aromatic N) is 2. The molecule has 0 aliphatic carbocycles. The quantitative estimate of drug-likeness (QED) is 0.851. The molecule has 1 aromatic rings. The molecule has 3 nitrogen and oxygen atoms in total. The largest absolute Gasteiger partial charge is 0.383 e. The Labute approximate surface area is 95.3 Å². The second-order valence-electron chi connectivity index (χ2n) is 3.50. The lowest BCUT2D eigenvalue weighted by molar-refractivity contribution is 0.425. The van der Waals surface area contributed by atoms with Gasteiger partial charge in [-0.3, -0.25) is 0 Å². The normalized spacial score (nSPS) is 10.1. The molecule has 0 unspecified atom stereocenters. The molecule has 0 fully saturated rings. The molecule has 1 N–H and O–H groups in total. The Morgan fingerprint density at radius 2 is 2.20 bits per heavy atom. The van der Waals surface area contributed by atoms with Gasteiger partial charge >= 0.3 is 0 Å². The Hall–Kier alpha value is -1.24. The molecule has 0 radical (unpaired) electrons. The second kappa shape index (κ2) is 5.59. The molecule has 0 heterocycles. The molecular formula is C11H14ClN3. The van der Waals surface area contributed by atoms with Gasteiger partial charge in [-0.05, 0) is 26.2 Å². The molecule has 15 heavy (non-hydrogen) atoms. The van der Waals surface area contributed by atoms with Crippen LogP contribution in [0, 0.1) is 11.3 Å². The van der Waals surface area contributed by atoms with Gasteiger partial charge in [-0.25, -0.2) is 0 Å². The molecule has 0 bridgehead atoms. The topological polar surface area (TPSA) is 39.1 Å². The molecule has 0 aliphatic rings. The minimum Gasteiger partial charge on any atom is -0.383 e. The van der Waals surface area contributed by atoms with Crippen LogP contribution in [0.15, 0.2) is 18.2 Å². The lowest BCUT2D eigenvalue weighted by Crippen LogP contribution is -2.21. The maximum Gasteiger partial charge on any atom is 0.103 e. The minimum atomic E-state index is 0.493. The van der Waals surface area contributed by atoms with Crippen LogP contribution in [0.4, 0.5) is 5.69 Å². The van der Waals surface area contributed by atoms with Gasteiger partial charge in [0.05, 0.1) is 16.3 Å². The zero-order chi connectivity index (χ0) is 11.3. The first-order valence-electron chi connectivity index (χ1n) is 4.72. The number of hydrogen-bond donors (Lipinski definition) is 1. The second-order valence-corrected chi connectivity index (χ2v) is 3.91. The lowest BCUT2D eigenvalue weighted by atomic mass is 10.2. The summed E-state index contributed by atoms with van der Waals surface area (Å²) in [5.74, 6) is 0. The van der Waals surface area contributed by atoms with E-state index >= 15 is 0 Å². The molecule has 1 rings (SSSR count). The maximum absolute atomic E-state index is 8.92. The number of hydrogen-bond acceptors (Lipinski definition) is 3. The van der Waals surface area contributed by atoms with Crippen LogP contribution in [0.2, 0.25) is 5.02 Å². The average Bonchev–Trinajstić information content (AvgIpc) is 2.17. The molecule has 0 amide bonds. The highest BCUT2D eigenvalue weighted by Crippen LogP contribution is 2.22. The number of nitrogens with one attached hydrogen (secondary N) is 1. The zero-order valence-electron chi connectivity index (χ0n) is 8.92. The Morgan fingerprint density at radius 1 is 1.47 bits per heavy atom. The lowest BCUT2D eigenvalue weighted by Gasteiger charge is -2.12. The third kappa shape index (κ3) is 3.43. The Morgan fingerprint density at radius 3 is 2.80 bits per heavy atom. The van der Waals surface area contributed by atoms with Crippen molar-refractivity contribution in [2.75, 3.05) is 32.5 Å². The van der Waals surface area contributed by atoms with Crippen molar-refractivity contribution < 1.29 is 0 Å². The zero-order valence-corrected chi connectivity index (χ0v) is 9.67. The highest BCUT2D eigenvalue weighted by atomic mass is 35.5. The molecule has 0 saturated carbocycles. The van der Waals surface area contributed by atoms with E-state index in [-0.39, 0.29) is 0 Å². The predicted molar refractivity (Wildman–Crippen MR) is 63.2 cm³/mol. The van der Waals surface area contributed by atoms with Crippen LogP contribution in [0.5, 0.6) is 0 Å². The van der Waals surface area contributed by atoms with Crippen LogP contribution >= 0.6 is 11.6 Å². The summed E-state index contributed by atoms with van der Waals surface area (Å²) >= 11 is 5.90. The van der Waals surface area contributed by atoms with Crippen LogP contribution < -0.4 is 5.32 Å². The SMILES string of the molecule is CN(C)CCNc1cccc(Cl)c1C#N. The fraction of sp³-hybridized carbons (Fsp3) is 0.364. The number of halogens is 1. The van der Waals surface area contributed by atoms with E-state index in [1.165, 1.54) is 0 Å². The monoisotopic (exact) mass is 223 g/mol. The minimum absolute atomic E-state index is 0.493. The van der Waals surface area contributed by atoms with Crippen LogP contribution in [-0.2, 0) is 0 Å². The van der Waals surface area contributed by atoms with Gasteiger partial charge < -0.3 is 10.2 Å². The van der Waals surface area contributed by atoms with E-state index in [1.807, 2.05) is 26.2 Å². The van der Waals surface area contributed by atoms with E-state index in [2.05, 4.69) is 16.3 Å². The molecule has 80 valence electrons. The van der Waals surface area contributed by atoms with Crippen LogP contribution in [0.3, 0.4) is 0 Å². The fourth-order valence-electron chi connectivity index (χ4n) is 1.20. The molecule has 0 saturated heterocycles. The highest BCUT2D eigenvalue weighted by molar-refractivity contribution is 6.32. The van der Waals surface area contributed by atoms with E-state index in [0.717, 1.165) is 18.8 Å². The maximum atomic E-state index is 8.92. The number of anilines is 1. The number of benzene rings is 1. The summed E-state index contributed by atoms with van der Waals surface area (Å²) in [6.07, 6.45) is 0. The van der Waals surface area contributed by atoms with Gasteiger partial charge in [0.2, 0.25) is 0 Å². The van der Waals surface area contributed by atoms with Crippen LogP contribution in [0.1, 0.15) is 5.56 Å². The Kier molecular flexibility index (Phi) is 4.41. The standard InChI is InChI=1S/C11H14ClN3/c1-15(2)7-6-14-11-5-3-4-10(12)9(11)8-13/h3-5,14H,6-7H2,1-2H3. The molecular weight excluding hydrogens is 210 g/mol. The molecule has 1 aromatic carbocycles. The smallest absolute Gasteiger partial charge is 0.103 e. The van der Waals surface area contributed by atoms with E-state index in [9.17, 15) is 0 Å². The summed E-state index contributed by atoms with van der Waals surface area (Å²) in [6, 6.07) is 7.51. The van der Waals surface area contributed by atoms with Crippen molar-refractivity contribution in [3.63, 3.8) is 0 Å². The molecule has 0 atom stereocenters.